The van der Waals surface area contributed by atoms with Gasteiger partial charge in [-0.1, -0.05) is 42.5 Å². The number of nitrogens with two attached hydrogens (primary N) is 1. The molecule has 6 heteroatoms. The quantitative estimate of drug-likeness (QED) is 0.445. The van der Waals surface area contributed by atoms with Gasteiger partial charge in [0.2, 0.25) is 0 Å². The van der Waals surface area contributed by atoms with Crippen molar-refractivity contribution in [2.75, 3.05) is 24.2 Å². The molecule has 2 amide bonds. The Bertz CT molecular complexity index is 1070. The number of anilines is 2. The van der Waals surface area contributed by atoms with Gasteiger partial charge in [0.1, 0.15) is 0 Å². The van der Waals surface area contributed by atoms with Gasteiger partial charge in [-0.3, -0.25) is 20.3 Å². The second-order valence-electron chi connectivity index (χ2n) is 6.51. The van der Waals surface area contributed by atoms with Crippen molar-refractivity contribution < 1.29 is 9.59 Å². The number of hydrogen-bond donors (Lipinski definition) is 3. The molecule has 4 N–H and O–H groups in total. The van der Waals surface area contributed by atoms with Crippen molar-refractivity contribution in [2.45, 2.75) is 0 Å². The molecule has 0 aliphatic carbocycles. The summed E-state index contributed by atoms with van der Waals surface area (Å²) < 4.78 is 0. The molecule has 2 aliphatic rings. The SMILES string of the molecule is CN1CC=C(C2=C(C(=N)c3ccccc3N)C(=O)NC2=O)c2ccccc21. The Balaban J connectivity index is 1.92. The highest BCUT2D eigenvalue weighted by molar-refractivity contribution is 6.40. The third kappa shape index (κ3) is 2.62. The lowest BCUT2D eigenvalue weighted by Crippen LogP contribution is -2.26. The van der Waals surface area contributed by atoms with Crippen molar-refractivity contribution in [3.05, 3.63) is 76.9 Å². The number of nitrogens with zero attached hydrogens (tertiary/aromatic N) is 1. The van der Waals surface area contributed by atoms with Gasteiger partial charge in [0, 0.05) is 36.1 Å². The van der Waals surface area contributed by atoms with Crippen molar-refractivity contribution in [3.8, 4) is 0 Å². The smallest absolute Gasteiger partial charge is 0.261 e. The Morgan fingerprint density at radius 1 is 1.07 bits per heavy atom. The average Bonchev–Trinajstić information content (AvgIpc) is 2.96. The molecule has 0 fully saturated rings. The maximum Gasteiger partial charge on any atom is 0.261 e. The van der Waals surface area contributed by atoms with E-state index in [1.165, 1.54) is 0 Å². The molecule has 2 aromatic rings. The second kappa shape index (κ2) is 6.25. The minimum Gasteiger partial charge on any atom is -0.398 e. The molecule has 27 heavy (non-hydrogen) atoms. The topological polar surface area (TPSA) is 99.3 Å². The molecule has 2 heterocycles. The first-order chi connectivity index (χ1) is 13.0. The van der Waals surface area contributed by atoms with Gasteiger partial charge in [-0.2, -0.15) is 0 Å². The molecule has 6 nitrogen and oxygen atoms in total. The Morgan fingerprint density at radius 2 is 1.78 bits per heavy atom. The van der Waals surface area contributed by atoms with Crippen LogP contribution in [0.5, 0.6) is 0 Å². The van der Waals surface area contributed by atoms with Crippen molar-refractivity contribution in [1.82, 2.24) is 5.32 Å². The standard InChI is InChI=1S/C21H18N4O2/c1-25-11-10-13(12-6-3-5-9-16(12)25)17-18(21(27)24-20(17)26)19(23)14-7-2-4-8-15(14)22/h2-10,23H,11,22H2,1H3,(H,24,26,27). The lowest BCUT2D eigenvalue weighted by molar-refractivity contribution is -0.123. The summed E-state index contributed by atoms with van der Waals surface area (Å²) in [4.78, 5) is 27.2. The van der Waals surface area contributed by atoms with E-state index in [4.69, 9.17) is 11.1 Å². The number of likely N-dealkylation sites (N-methyl/N-ethyl adjacent to an activating group) is 1. The molecule has 2 aromatic carbocycles. The van der Waals surface area contributed by atoms with Gasteiger partial charge in [0.15, 0.2) is 0 Å². The molecule has 2 aliphatic heterocycles. The zero-order chi connectivity index (χ0) is 19.1. The van der Waals surface area contributed by atoms with Gasteiger partial charge in [0.25, 0.3) is 11.8 Å². The number of rotatable bonds is 3. The number of carbonyl (C=O) groups is 2. The van der Waals surface area contributed by atoms with Gasteiger partial charge in [-0.05, 0) is 17.7 Å². The summed E-state index contributed by atoms with van der Waals surface area (Å²) >= 11 is 0. The van der Waals surface area contributed by atoms with Crippen LogP contribution >= 0.6 is 0 Å². The van der Waals surface area contributed by atoms with E-state index in [0.717, 1.165) is 11.3 Å². The fourth-order valence-corrected chi connectivity index (χ4v) is 3.52. The van der Waals surface area contributed by atoms with E-state index in [1.807, 2.05) is 37.4 Å². The Labute approximate surface area is 156 Å². The summed E-state index contributed by atoms with van der Waals surface area (Å²) in [5, 5.41) is 10.9. The van der Waals surface area contributed by atoms with Crippen molar-refractivity contribution in [2.24, 2.45) is 0 Å². The second-order valence-corrected chi connectivity index (χ2v) is 6.51. The van der Waals surface area contributed by atoms with Crippen LogP contribution in [0.1, 0.15) is 11.1 Å². The van der Waals surface area contributed by atoms with Crippen LogP contribution < -0.4 is 16.0 Å². The third-order valence-corrected chi connectivity index (χ3v) is 4.86. The van der Waals surface area contributed by atoms with Gasteiger partial charge in [-0.25, -0.2) is 0 Å². The van der Waals surface area contributed by atoms with Gasteiger partial charge in [-0.15, -0.1) is 0 Å². The van der Waals surface area contributed by atoms with E-state index < -0.39 is 11.8 Å². The van der Waals surface area contributed by atoms with Crippen molar-refractivity contribution in [1.29, 1.82) is 5.41 Å². The molecule has 0 bridgehead atoms. The van der Waals surface area contributed by atoms with Crippen LogP contribution in [0.3, 0.4) is 0 Å². The summed E-state index contributed by atoms with van der Waals surface area (Å²) in [6.07, 6.45) is 1.91. The maximum atomic E-state index is 12.6. The summed E-state index contributed by atoms with van der Waals surface area (Å²) in [6.45, 7) is 0.603. The van der Waals surface area contributed by atoms with E-state index in [-0.39, 0.29) is 16.9 Å². The normalized spacial score (nSPS) is 16.2. The Morgan fingerprint density at radius 3 is 2.56 bits per heavy atom. The monoisotopic (exact) mass is 358 g/mol. The number of para-hydroxylation sites is 2. The molecule has 0 atom stereocenters. The highest BCUT2D eigenvalue weighted by Crippen LogP contribution is 2.38. The number of nitrogens with one attached hydrogen (secondary N) is 2. The van der Waals surface area contributed by atoms with Crippen LogP contribution in [0.25, 0.3) is 5.57 Å². The predicted molar refractivity (Wildman–Crippen MR) is 106 cm³/mol. The summed E-state index contributed by atoms with van der Waals surface area (Å²) in [5.74, 6) is -1.06. The number of fused-ring (bicyclic) bond motifs is 1. The van der Waals surface area contributed by atoms with Crippen molar-refractivity contribution >= 4 is 34.5 Å². The minimum absolute atomic E-state index is 0.0521. The lowest BCUT2D eigenvalue weighted by Gasteiger charge is -2.27. The van der Waals surface area contributed by atoms with E-state index in [2.05, 4.69) is 10.2 Å². The highest BCUT2D eigenvalue weighted by Gasteiger charge is 2.37. The molecule has 0 saturated heterocycles. The van der Waals surface area contributed by atoms with Gasteiger partial charge < -0.3 is 10.6 Å². The van der Waals surface area contributed by atoms with Crippen LogP contribution in [-0.4, -0.2) is 31.1 Å². The zero-order valence-corrected chi connectivity index (χ0v) is 14.7. The first-order valence-corrected chi connectivity index (χ1v) is 8.54. The maximum absolute atomic E-state index is 12.6. The van der Waals surface area contributed by atoms with Crippen LogP contribution in [0.2, 0.25) is 0 Å². The zero-order valence-electron chi connectivity index (χ0n) is 14.7. The highest BCUT2D eigenvalue weighted by atomic mass is 16.2. The molecular formula is C21H18N4O2. The molecule has 0 spiro atoms. The molecule has 0 unspecified atom stereocenters. The predicted octanol–water partition coefficient (Wildman–Crippen LogP) is 2.12. The Hall–Kier alpha value is -3.67. The van der Waals surface area contributed by atoms with Crippen LogP contribution in [-0.2, 0) is 9.59 Å². The largest absolute Gasteiger partial charge is 0.398 e. The fourth-order valence-electron chi connectivity index (χ4n) is 3.52. The van der Waals surface area contributed by atoms with Gasteiger partial charge in [0.05, 0.1) is 16.9 Å². The molecule has 0 saturated carbocycles. The van der Waals surface area contributed by atoms with Crippen molar-refractivity contribution in [3.63, 3.8) is 0 Å². The summed E-state index contributed by atoms with van der Waals surface area (Å²) in [7, 11) is 1.97. The van der Waals surface area contributed by atoms with Crippen LogP contribution in [0, 0.1) is 5.41 Å². The van der Waals surface area contributed by atoms with E-state index in [1.54, 1.807) is 24.3 Å². The fraction of sp³-hybridized carbons (Fsp3) is 0.0952. The molecule has 0 aromatic heterocycles. The van der Waals surface area contributed by atoms with E-state index >= 15 is 0 Å². The number of nitrogen functional groups attached to an aromatic ring is 1. The van der Waals surface area contributed by atoms with Crippen LogP contribution in [0.15, 0.2) is 65.8 Å². The number of benzene rings is 2. The van der Waals surface area contributed by atoms with Gasteiger partial charge >= 0.3 is 0 Å². The first-order valence-electron chi connectivity index (χ1n) is 8.54. The minimum atomic E-state index is -0.569. The summed E-state index contributed by atoms with van der Waals surface area (Å²) in [5.41, 5.74) is 9.54. The number of imide groups is 1. The average molecular weight is 358 g/mol. The first kappa shape index (κ1) is 16.8. The molecule has 0 radical (unpaired) electrons. The van der Waals surface area contributed by atoms with E-state index in [9.17, 15) is 9.59 Å². The summed E-state index contributed by atoms with van der Waals surface area (Å²) in [6, 6.07) is 14.6. The Kier molecular flexibility index (Phi) is 3.88. The number of carbonyl (C=O) groups excluding carboxylic acids is 2. The van der Waals surface area contributed by atoms with Crippen LogP contribution in [0.4, 0.5) is 11.4 Å². The molecule has 4 rings (SSSR count). The van der Waals surface area contributed by atoms with E-state index in [0.29, 0.717) is 23.4 Å². The molecule has 134 valence electrons. The number of amides is 2. The lowest BCUT2D eigenvalue weighted by atomic mass is 9.88. The number of hydrogen-bond acceptors (Lipinski definition) is 5. The third-order valence-electron chi connectivity index (χ3n) is 4.86. The molecular weight excluding hydrogens is 340 g/mol.